The van der Waals surface area contributed by atoms with Gasteiger partial charge in [-0.2, -0.15) is 0 Å². The molecule has 4 heteroatoms. The fraction of sp³-hybridized carbons (Fsp3) is 0.571. The number of nitrogens with zero attached hydrogens (tertiary/aromatic N) is 1. The first kappa shape index (κ1) is 13.2. The molecule has 2 rings (SSSR count). The standard InChI is InChI=1S/C14H22N2O2/c1-16-8-6-11(7-9-16)15-13-4-3-5-14(18-2)12(13)10-17/h3-5,11,15,17H,6-10H2,1-2H3. The van der Waals surface area contributed by atoms with E-state index in [0.29, 0.717) is 6.04 Å². The fourth-order valence-electron chi connectivity index (χ4n) is 2.43. The van der Waals surface area contributed by atoms with Crippen LogP contribution in [0.5, 0.6) is 5.75 Å². The van der Waals surface area contributed by atoms with E-state index in [9.17, 15) is 5.11 Å². The zero-order valence-corrected chi connectivity index (χ0v) is 11.1. The van der Waals surface area contributed by atoms with Crippen molar-refractivity contribution in [3.63, 3.8) is 0 Å². The van der Waals surface area contributed by atoms with Crippen molar-refractivity contribution in [1.29, 1.82) is 0 Å². The molecule has 4 nitrogen and oxygen atoms in total. The molecule has 1 aliphatic heterocycles. The Hall–Kier alpha value is -1.26. The Kier molecular flexibility index (Phi) is 4.44. The topological polar surface area (TPSA) is 44.7 Å². The van der Waals surface area contributed by atoms with Crippen LogP contribution in [-0.4, -0.2) is 43.3 Å². The predicted octanol–water partition coefficient (Wildman–Crippen LogP) is 1.69. The van der Waals surface area contributed by atoms with Crippen LogP contribution >= 0.6 is 0 Å². The number of nitrogens with one attached hydrogen (secondary N) is 1. The highest BCUT2D eigenvalue weighted by molar-refractivity contribution is 5.57. The largest absolute Gasteiger partial charge is 0.496 e. The van der Waals surface area contributed by atoms with Crippen LogP contribution in [0, 0.1) is 0 Å². The molecule has 1 aromatic rings. The van der Waals surface area contributed by atoms with Crippen LogP contribution in [0.25, 0.3) is 0 Å². The average molecular weight is 250 g/mol. The number of piperidine rings is 1. The van der Waals surface area contributed by atoms with Gasteiger partial charge in [-0.15, -0.1) is 0 Å². The van der Waals surface area contributed by atoms with Crippen molar-refractivity contribution < 1.29 is 9.84 Å². The molecule has 0 radical (unpaired) electrons. The average Bonchev–Trinajstić information content (AvgIpc) is 2.41. The summed E-state index contributed by atoms with van der Waals surface area (Å²) in [6.45, 7) is 2.24. The number of benzene rings is 1. The van der Waals surface area contributed by atoms with Crippen LogP contribution in [0.1, 0.15) is 18.4 Å². The molecule has 18 heavy (non-hydrogen) atoms. The third-order valence-corrected chi connectivity index (χ3v) is 3.59. The fourth-order valence-corrected chi connectivity index (χ4v) is 2.43. The lowest BCUT2D eigenvalue weighted by atomic mass is 10.0. The summed E-state index contributed by atoms with van der Waals surface area (Å²) in [5.74, 6) is 0.746. The first-order valence-electron chi connectivity index (χ1n) is 6.46. The highest BCUT2D eigenvalue weighted by atomic mass is 16.5. The summed E-state index contributed by atoms with van der Waals surface area (Å²) in [6, 6.07) is 6.33. The number of rotatable bonds is 4. The van der Waals surface area contributed by atoms with Crippen molar-refractivity contribution in [3.05, 3.63) is 23.8 Å². The minimum Gasteiger partial charge on any atom is -0.496 e. The summed E-state index contributed by atoms with van der Waals surface area (Å²) in [6.07, 6.45) is 2.27. The van der Waals surface area contributed by atoms with Gasteiger partial charge in [-0.3, -0.25) is 0 Å². The van der Waals surface area contributed by atoms with Crippen molar-refractivity contribution in [2.24, 2.45) is 0 Å². The molecule has 0 saturated carbocycles. The van der Waals surface area contributed by atoms with E-state index in [1.807, 2.05) is 18.2 Å². The van der Waals surface area contributed by atoms with Crippen LogP contribution in [0.2, 0.25) is 0 Å². The molecule has 1 fully saturated rings. The molecule has 0 amide bonds. The van der Waals surface area contributed by atoms with Crippen molar-refractivity contribution in [2.45, 2.75) is 25.5 Å². The molecular formula is C14H22N2O2. The smallest absolute Gasteiger partial charge is 0.126 e. The van der Waals surface area contributed by atoms with E-state index in [1.165, 1.54) is 0 Å². The molecule has 1 heterocycles. The predicted molar refractivity (Wildman–Crippen MR) is 73.1 cm³/mol. The van der Waals surface area contributed by atoms with Crippen molar-refractivity contribution >= 4 is 5.69 Å². The van der Waals surface area contributed by atoms with Gasteiger partial charge in [-0.1, -0.05) is 6.07 Å². The van der Waals surface area contributed by atoms with Gasteiger partial charge < -0.3 is 20.1 Å². The molecule has 1 aliphatic rings. The maximum atomic E-state index is 9.47. The van der Waals surface area contributed by atoms with Gasteiger partial charge in [-0.25, -0.2) is 0 Å². The van der Waals surface area contributed by atoms with Crippen LogP contribution in [0.4, 0.5) is 5.69 Å². The first-order chi connectivity index (χ1) is 8.74. The molecule has 100 valence electrons. The van der Waals surface area contributed by atoms with E-state index < -0.39 is 0 Å². The first-order valence-corrected chi connectivity index (χ1v) is 6.46. The lowest BCUT2D eigenvalue weighted by molar-refractivity contribution is 0.262. The van der Waals surface area contributed by atoms with E-state index in [-0.39, 0.29) is 6.61 Å². The van der Waals surface area contributed by atoms with Crippen LogP contribution in [-0.2, 0) is 6.61 Å². The number of hydrogen-bond donors (Lipinski definition) is 2. The van der Waals surface area contributed by atoms with Crippen LogP contribution in [0.15, 0.2) is 18.2 Å². The Balaban J connectivity index is 2.09. The van der Waals surface area contributed by atoms with Crippen LogP contribution < -0.4 is 10.1 Å². The quantitative estimate of drug-likeness (QED) is 0.853. The van der Waals surface area contributed by atoms with E-state index in [4.69, 9.17) is 4.74 Å². The number of likely N-dealkylation sites (tertiary alicyclic amines) is 1. The number of aliphatic hydroxyl groups excluding tert-OH is 1. The SMILES string of the molecule is COc1cccc(NC2CCN(C)CC2)c1CO. The minimum absolute atomic E-state index is 0.00102. The lowest BCUT2D eigenvalue weighted by Gasteiger charge is -2.30. The second kappa shape index (κ2) is 6.07. The normalized spacial score (nSPS) is 17.7. The van der Waals surface area contributed by atoms with Gasteiger partial charge in [0.25, 0.3) is 0 Å². The molecule has 1 aromatic carbocycles. The summed E-state index contributed by atoms with van der Waals surface area (Å²) >= 11 is 0. The lowest BCUT2D eigenvalue weighted by Crippen LogP contribution is -2.36. The number of aliphatic hydroxyl groups is 1. The Morgan fingerprint density at radius 3 is 2.72 bits per heavy atom. The summed E-state index contributed by atoms with van der Waals surface area (Å²) in [4.78, 5) is 2.34. The molecule has 0 aromatic heterocycles. The van der Waals surface area contributed by atoms with Crippen molar-refractivity contribution in [1.82, 2.24) is 4.90 Å². The minimum atomic E-state index is -0.00102. The molecule has 0 spiro atoms. The number of anilines is 1. The highest BCUT2D eigenvalue weighted by Crippen LogP contribution is 2.28. The van der Waals surface area contributed by atoms with Gasteiger partial charge >= 0.3 is 0 Å². The molecule has 1 saturated heterocycles. The van der Waals surface area contributed by atoms with E-state index >= 15 is 0 Å². The summed E-state index contributed by atoms with van der Waals surface area (Å²) < 4.78 is 5.27. The third kappa shape index (κ3) is 2.94. The van der Waals surface area contributed by atoms with E-state index in [0.717, 1.165) is 42.9 Å². The van der Waals surface area contributed by atoms with Gasteiger partial charge in [0.15, 0.2) is 0 Å². The Bertz CT molecular complexity index is 387. The zero-order valence-electron chi connectivity index (χ0n) is 11.1. The van der Waals surface area contributed by atoms with Gasteiger partial charge in [0.05, 0.1) is 13.7 Å². The number of ether oxygens (including phenoxy) is 1. The Morgan fingerprint density at radius 2 is 2.11 bits per heavy atom. The summed E-state index contributed by atoms with van der Waals surface area (Å²) in [5, 5.41) is 13.0. The van der Waals surface area contributed by atoms with Crippen LogP contribution in [0.3, 0.4) is 0 Å². The third-order valence-electron chi connectivity index (χ3n) is 3.59. The van der Waals surface area contributed by atoms with Gasteiger partial charge in [0, 0.05) is 17.3 Å². The molecule has 0 aliphatic carbocycles. The maximum absolute atomic E-state index is 9.47. The van der Waals surface area contributed by atoms with Gasteiger partial charge in [0.1, 0.15) is 5.75 Å². The van der Waals surface area contributed by atoms with Gasteiger partial charge in [-0.05, 0) is 45.1 Å². The van der Waals surface area contributed by atoms with Crippen molar-refractivity contribution in [2.75, 3.05) is 32.6 Å². The maximum Gasteiger partial charge on any atom is 0.126 e. The summed E-state index contributed by atoms with van der Waals surface area (Å²) in [5.41, 5.74) is 1.84. The molecule has 0 atom stereocenters. The van der Waals surface area contributed by atoms with E-state index in [2.05, 4.69) is 17.3 Å². The van der Waals surface area contributed by atoms with E-state index in [1.54, 1.807) is 7.11 Å². The van der Waals surface area contributed by atoms with Gasteiger partial charge in [0.2, 0.25) is 0 Å². The highest BCUT2D eigenvalue weighted by Gasteiger charge is 2.18. The summed E-state index contributed by atoms with van der Waals surface area (Å²) in [7, 11) is 3.79. The second-order valence-electron chi connectivity index (χ2n) is 4.87. The number of methoxy groups -OCH3 is 1. The number of hydrogen-bond acceptors (Lipinski definition) is 4. The molecule has 0 unspecified atom stereocenters. The van der Waals surface area contributed by atoms with Crippen molar-refractivity contribution in [3.8, 4) is 5.75 Å². The second-order valence-corrected chi connectivity index (χ2v) is 4.87. The molecule has 0 bridgehead atoms. The zero-order chi connectivity index (χ0) is 13.0. The Labute approximate surface area is 109 Å². The monoisotopic (exact) mass is 250 g/mol. The molecule has 2 N–H and O–H groups in total. The Morgan fingerprint density at radius 1 is 1.39 bits per heavy atom. The molecular weight excluding hydrogens is 228 g/mol.